The first kappa shape index (κ1) is 16.1. The molecule has 0 aromatic heterocycles. The van der Waals surface area contributed by atoms with E-state index >= 15 is 0 Å². The van der Waals surface area contributed by atoms with Gasteiger partial charge in [-0.05, 0) is 55.3 Å². The van der Waals surface area contributed by atoms with Gasteiger partial charge in [0.15, 0.2) is 0 Å². The predicted octanol–water partition coefficient (Wildman–Crippen LogP) is 5.36. The number of halogens is 1. The lowest BCUT2D eigenvalue weighted by Gasteiger charge is -2.15. The van der Waals surface area contributed by atoms with Gasteiger partial charge in [0.25, 0.3) is 0 Å². The van der Waals surface area contributed by atoms with Crippen LogP contribution >= 0.6 is 15.9 Å². The number of hydrogen-bond acceptors (Lipinski definition) is 2. The zero-order chi connectivity index (χ0) is 15.4. The van der Waals surface area contributed by atoms with Crippen LogP contribution in [-0.2, 0) is 6.54 Å². The van der Waals surface area contributed by atoms with Crippen LogP contribution in [-0.4, -0.2) is 6.04 Å². The van der Waals surface area contributed by atoms with Crippen LogP contribution in [0.5, 0.6) is 11.5 Å². The number of ether oxygens (including phenoxy) is 1. The van der Waals surface area contributed by atoms with Gasteiger partial charge in [-0.3, -0.25) is 0 Å². The molecule has 0 fully saturated rings. The first-order chi connectivity index (χ1) is 9.94. The van der Waals surface area contributed by atoms with E-state index in [2.05, 4.69) is 73.2 Å². The Morgan fingerprint density at radius 2 is 1.71 bits per heavy atom. The van der Waals surface area contributed by atoms with Gasteiger partial charge in [-0.15, -0.1) is 0 Å². The van der Waals surface area contributed by atoms with Crippen LogP contribution in [0.15, 0.2) is 40.9 Å². The number of benzene rings is 2. The highest BCUT2D eigenvalue weighted by Gasteiger charge is 2.07. The maximum atomic E-state index is 6.10. The minimum Gasteiger partial charge on any atom is -0.457 e. The van der Waals surface area contributed by atoms with Crippen molar-refractivity contribution < 1.29 is 4.74 Å². The lowest BCUT2D eigenvalue weighted by atomic mass is 10.1. The van der Waals surface area contributed by atoms with E-state index in [4.69, 9.17) is 4.74 Å². The first-order valence-corrected chi connectivity index (χ1v) is 8.01. The van der Waals surface area contributed by atoms with Crippen LogP contribution < -0.4 is 10.1 Å². The Morgan fingerprint density at radius 1 is 1.05 bits per heavy atom. The average molecular weight is 348 g/mol. The highest BCUT2D eigenvalue weighted by Crippen LogP contribution is 2.29. The molecule has 0 atom stereocenters. The molecule has 3 heteroatoms. The van der Waals surface area contributed by atoms with Crippen LogP contribution in [0.4, 0.5) is 0 Å². The molecular formula is C18H22BrNO. The zero-order valence-electron chi connectivity index (χ0n) is 13.0. The lowest BCUT2D eigenvalue weighted by Crippen LogP contribution is -2.22. The molecule has 0 bridgehead atoms. The van der Waals surface area contributed by atoms with Gasteiger partial charge in [-0.1, -0.05) is 35.8 Å². The molecular weight excluding hydrogens is 326 g/mol. The largest absolute Gasteiger partial charge is 0.457 e. The second-order valence-corrected chi connectivity index (χ2v) is 6.63. The van der Waals surface area contributed by atoms with Crippen LogP contribution in [0.3, 0.4) is 0 Å². The van der Waals surface area contributed by atoms with Crippen molar-refractivity contribution in [3.8, 4) is 11.5 Å². The predicted molar refractivity (Wildman–Crippen MR) is 92.1 cm³/mol. The van der Waals surface area contributed by atoms with Crippen LogP contribution in [0.2, 0.25) is 0 Å². The van der Waals surface area contributed by atoms with Gasteiger partial charge in [-0.2, -0.15) is 0 Å². The minimum absolute atomic E-state index is 0.443. The molecule has 2 aromatic carbocycles. The van der Waals surface area contributed by atoms with Crippen molar-refractivity contribution in [3.05, 3.63) is 57.6 Å². The molecule has 0 unspecified atom stereocenters. The molecule has 0 radical (unpaired) electrons. The number of hydrogen-bond donors (Lipinski definition) is 1. The quantitative estimate of drug-likeness (QED) is 0.786. The Kier molecular flexibility index (Phi) is 5.43. The van der Waals surface area contributed by atoms with Crippen molar-refractivity contribution in [1.82, 2.24) is 5.32 Å². The summed E-state index contributed by atoms with van der Waals surface area (Å²) in [5, 5.41) is 3.44. The molecule has 112 valence electrons. The van der Waals surface area contributed by atoms with Crippen LogP contribution in [0, 0.1) is 13.8 Å². The van der Waals surface area contributed by atoms with Gasteiger partial charge in [0.05, 0.1) is 0 Å². The average Bonchev–Trinajstić information content (AvgIpc) is 2.37. The van der Waals surface area contributed by atoms with E-state index < -0.39 is 0 Å². The maximum Gasteiger partial charge on any atom is 0.131 e. The van der Waals surface area contributed by atoms with Gasteiger partial charge >= 0.3 is 0 Å². The third-order valence-corrected chi connectivity index (χ3v) is 3.64. The van der Waals surface area contributed by atoms with E-state index in [1.807, 2.05) is 12.1 Å². The molecule has 2 nitrogen and oxygen atoms in total. The standard InChI is InChI=1S/C18H22BrNO/c1-12(2)20-11-15-10-16(19)5-6-18(15)21-17-8-13(3)7-14(4)9-17/h5-10,12,20H,11H2,1-4H3. The molecule has 0 saturated carbocycles. The fourth-order valence-electron chi connectivity index (χ4n) is 2.22. The molecule has 0 saturated heterocycles. The monoisotopic (exact) mass is 347 g/mol. The third kappa shape index (κ3) is 4.87. The molecule has 0 amide bonds. The Labute approximate surface area is 135 Å². The molecule has 21 heavy (non-hydrogen) atoms. The van der Waals surface area contributed by atoms with Crippen molar-refractivity contribution in [3.63, 3.8) is 0 Å². The van der Waals surface area contributed by atoms with E-state index in [1.54, 1.807) is 0 Å². The molecule has 1 N–H and O–H groups in total. The Bertz CT molecular complexity index is 602. The summed E-state index contributed by atoms with van der Waals surface area (Å²) in [6.45, 7) is 9.24. The van der Waals surface area contributed by atoms with Crippen LogP contribution in [0.1, 0.15) is 30.5 Å². The molecule has 0 aliphatic rings. The summed E-state index contributed by atoms with van der Waals surface area (Å²) in [6.07, 6.45) is 0. The number of aryl methyl sites for hydroxylation is 2. The van der Waals surface area contributed by atoms with Gasteiger partial charge in [0, 0.05) is 22.6 Å². The minimum atomic E-state index is 0.443. The fraction of sp³-hybridized carbons (Fsp3) is 0.333. The fourth-order valence-corrected chi connectivity index (χ4v) is 2.63. The van der Waals surface area contributed by atoms with Crippen molar-refractivity contribution in [2.45, 2.75) is 40.3 Å². The zero-order valence-corrected chi connectivity index (χ0v) is 14.6. The van der Waals surface area contributed by atoms with E-state index in [0.717, 1.165) is 28.1 Å². The first-order valence-electron chi connectivity index (χ1n) is 7.22. The highest BCUT2D eigenvalue weighted by molar-refractivity contribution is 9.10. The highest BCUT2D eigenvalue weighted by atomic mass is 79.9. The van der Waals surface area contributed by atoms with E-state index in [0.29, 0.717) is 6.04 Å². The van der Waals surface area contributed by atoms with Crippen LogP contribution in [0.25, 0.3) is 0 Å². The molecule has 0 aliphatic carbocycles. The summed E-state index contributed by atoms with van der Waals surface area (Å²) < 4.78 is 7.16. The molecule has 0 aliphatic heterocycles. The van der Waals surface area contributed by atoms with Gasteiger partial charge in [-0.25, -0.2) is 0 Å². The SMILES string of the molecule is Cc1cc(C)cc(Oc2ccc(Br)cc2CNC(C)C)c1. The van der Waals surface area contributed by atoms with Crippen molar-refractivity contribution in [1.29, 1.82) is 0 Å². The van der Waals surface area contributed by atoms with Gasteiger partial charge in [0.2, 0.25) is 0 Å². The molecule has 0 heterocycles. The second kappa shape index (κ2) is 7.10. The number of nitrogens with one attached hydrogen (secondary N) is 1. The molecule has 2 aromatic rings. The summed E-state index contributed by atoms with van der Waals surface area (Å²) in [6, 6.07) is 12.8. The normalized spacial score (nSPS) is 11.0. The Hall–Kier alpha value is -1.32. The van der Waals surface area contributed by atoms with Crippen molar-refractivity contribution in [2.75, 3.05) is 0 Å². The number of rotatable bonds is 5. The second-order valence-electron chi connectivity index (χ2n) is 5.71. The summed E-state index contributed by atoms with van der Waals surface area (Å²) >= 11 is 3.53. The van der Waals surface area contributed by atoms with Gasteiger partial charge in [0.1, 0.15) is 11.5 Å². The Balaban J connectivity index is 2.25. The van der Waals surface area contributed by atoms with E-state index in [-0.39, 0.29) is 0 Å². The molecule has 0 spiro atoms. The topological polar surface area (TPSA) is 21.3 Å². The lowest BCUT2D eigenvalue weighted by molar-refractivity contribution is 0.468. The summed E-state index contributed by atoms with van der Waals surface area (Å²) in [5.41, 5.74) is 3.57. The van der Waals surface area contributed by atoms with E-state index in [9.17, 15) is 0 Å². The van der Waals surface area contributed by atoms with Crippen molar-refractivity contribution >= 4 is 15.9 Å². The smallest absolute Gasteiger partial charge is 0.131 e. The summed E-state index contributed by atoms with van der Waals surface area (Å²) in [7, 11) is 0. The Morgan fingerprint density at radius 3 is 2.33 bits per heavy atom. The summed E-state index contributed by atoms with van der Waals surface area (Å²) in [4.78, 5) is 0. The summed E-state index contributed by atoms with van der Waals surface area (Å²) in [5.74, 6) is 1.79. The van der Waals surface area contributed by atoms with E-state index in [1.165, 1.54) is 11.1 Å². The maximum absolute atomic E-state index is 6.10. The third-order valence-electron chi connectivity index (χ3n) is 3.15. The van der Waals surface area contributed by atoms with Gasteiger partial charge < -0.3 is 10.1 Å². The van der Waals surface area contributed by atoms with Crippen molar-refractivity contribution in [2.24, 2.45) is 0 Å². The molecule has 2 rings (SSSR count).